The van der Waals surface area contributed by atoms with E-state index in [0.29, 0.717) is 5.92 Å². The van der Waals surface area contributed by atoms with E-state index in [4.69, 9.17) is 0 Å². The molecular weight excluding hydrogens is 162 g/mol. The highest BCUT2D eigenvalue weighted by molar-refractivity contribution is 5.91. The SMILES string of the molecule is CC1C=CC2=C(C1)C(C)(C)C(=O)N2. The fraction of sp³-hybridized carbons (Fsp3) is 0.545. The fourth-order valence-corrected chi connectivity index (χ4v) is 1.99. The topological polar surface area (TPSA) is 29.1 Å². The van der Waals surface area contributed by atoms with Crippen molar-refractivity contribution in [1.29, 1.82) is 0 Å². The molecule has 1 aliphatic carbocycles. The van der Waals surface area contributed by atoms with Crippen molar-refractivity contribution in [3.8, 4) is 0 Å². The van der Waals surface area contributed by atoms with E-state index in [1.807, 2.05) is 19.9 Å². The van der Waals surface area contributed by atoms with Gasteiger partial charge in [0.25, 0.3) is 0 Å². The lowest BCUT2D eigenvalue weighted by Gasteiger charge is -2.22. The lowest BCUT2D eigenvalue weighted by Crippen LogP contribution is -2.28. The summed E-state index contributed by atoms with van der Waals surface area (Å²) in [5.74, 6) is 0.696. The van der Waals surface area contributed by atoms with Gasteiger partial charge in [0.2, 0.25) is 5.91 Å². The van der Waals surface area contributed by atoms with Crippen molar-refractivity contribution in [2.75, 3.05) is 0 Å². The summed E-state index contributed by atoms with van der Waals surface area (Å²) in [5.41, 5.74) is 2.01. The summed E-state index contributed by atoms with van der Waals surface area (Å²) in [6.45, 7) is 6.17. The Hall–Kier alpha value is -1.05. The average molecular weight is 177 g/mol. The van der Waals surface area contributed by atoms with Gasteiger partial charge in [0.05, 0.1) is 5.41 Å². The molecule has 2 heteroatoms. The van der Waals surface area contributed by atoms with E-state index in [1.54, 1.807) is 0 Å². The number of hydrogen-bond acceptors (Lipinski definition) is 1. The maximum absolute atomic E-state index is 11.6. The number of nitrogens with one attached hydrogen (secondary N) is 1. The molecule has 1 heterocycles. The first-order chi connectivity index (χ1) is 6.01. The third-order valence-corrected chi connectivity index (χ3v) is 3.01. The lowest BCUT2D eigenvalue weighted by atomic mass is 9.79. The molecule has 0 radical (unpaired) electrons. The van der Waals surface area contributed by atoms with Crippen LogP contribution in [0.3, 0.4) is 0 Å². The van der Waals surface area contributed by atoms with Crippen LogP contribution < -0.4 is 5.32 Å². The largest absolute Gasteiger partial charge is 0.325 e. The minimum absolute atomic E-state index is 0.135. The molecular formula is C11H15NO. The van der Waals surface area contributed by atoms with Gasteiger partial charge in [-0.15, -0.1) is 0 Å². The van der Waals surface area contributed by atoms with Crippen LogP contribution in [0.5, 0.6) is 0 Å². The highest BCUT2D eigenvalue weighted by atomic mass is 16.2. The first-order valence-corrected chi connectivity index (χ1v) is 4.75. The number of rotatable bonds is 0. The van der Waals surface area contributed by atoms with E-state index in [2.05, 4.69) is 18.3 Å². The molecule has 1 N–H and O–H groups in total. The Morgan fingerprint density at radius 1 is 1.54 bits per heavy atom. The van der Waals surface area contributed by atoms with Crippen LogP contribution in [0.15, 0.2) is 23.4 Å². The molecule has 0 saturated carbocycles. The van der Waals surface area contributed by atoms with Gasteiger partial charge in [-0.1, -0.05) is 13.0 Å². The van der Waals surface area contributed by atoms with Gasteiger partial charge in [-0.05, 0) is 37.8 Å². The van der Waals surface area contributed by atoms with Gasteiger partial charge in [0, 0.05) is 5.70 Å². The third kappa shape index (κ3) is 1.12. The van der Waals surface area contributed by atoms with E-state index >= 15 is 0 Å². The number of amides is 1. The van der Waals surface area contributed by atoms with Crippen molar-refractivity contribution in [3.05, 3.63) is 23.4 Å². The summed E-state index contributed by atoms with van der Waals surface area (Å²) in [4.78, 5) is 11.6. The van der Waals surface area contributed by atoms with Gasteiger partial charge in [-0.3, -0.25) is 4.79 Å². The highest BCUT2D eigenvalue weighted by Gasteiger charge is 2.40. The first-order valence-electron chi connectivity index (χ1n) is 4.75. The Labute approximate surface area is 78.7 Å². The zero-order valence-corrected chi connectivity index (χ0v) is 8.35. The van der Waals surface area contributed by atoms with Crippen LogP contribution in [-0.2, 0) is 4.79 Å². The van der Waals surface area contributed by atoms with E-state index < -0.39 is 0 Å². The van der Waals surface area contributed by atoms with Crippen molar-refractivity contribution in [3.63, 3.8) is 0 Å². The number of carbonyl (C=O) groups excluding carboxylic acids is 1. The Morgan fingerprint density at radius 3 is 2.92 bits per heavy atom. The maximum atomic E-state index is 11.6. The van der Waals surface area contributed by atoms with Crippen LogP contribution in [0.2, 0.25) is 0 Å². The molecule has 1 aliphatic heterocycles. The summed E-state index contributed by atoms with van der Waals surface area (Å²) in [6.07, 6.45) is 5.20. The Morgan fingerprint density at radius 2 is 2.23 bits per heavy atom. The summed E-state index contributed by atoms with van der Waals surface area (Å²) >= 11 is 0. The molecule has 0 saturated heterocycles. The minimum atomic E-state index is -0.297. The molecule has 0 aromatic carbocycles. The smallest absolute Gasteiger partial charge is 0.234 e. The maximum Gasteiger partial charge on any atom is 0.234 e. The first kappa shape index (κ1) is 8.54. The van der Waals surface area contributed by atoms with Crippen molar-refractivity contribution in [1.82, 2.24) is 5.32 Å². The van der Waals surface area contributed by atoms with Gasteiger partial charge in [0.1, 0.15) is 0 Å². The molecule has 13 heavy (non-hydrogen) atoms. The summed E-state index contributed by atoms with van der Waals surface area (Å²) in [6, 6.07) is 0. The van der Waals surface area contributed by atoms with Gasteiger partial charge < -0.3 is 5.32 Å². The van der Waals surface area contributed by atoms with E-state index in [1.165, 1.54) is 5.57 Å². The van der Waals surface area contributed by atoms with Gasteiger partial charge in [-0.2, -0.15) is 0 Å². The molecule has 2 rings (SSSR count). The Balaban J connectivity index is 2.41. The zero-order chi connectivity index (χ0) is 9.64. The molecule has 1 atom stereocenters. The van der Waals surface area contributed by atoms with Crippen molar-refractivity contribution < 1.29 is 4.79 Å². The van der Waals surface area contributed by atoms with Gasteiger partial charge in [0.15, 0.2) is 0 Å². The van der Waals surface area contributed by atoms with Crippen molar-refractivity contribution in [2.45, 2.75) is 27.2 Å². The average Bonchev–Trinajstić information content (AvgIpc) is 2.27. The van der Waals surface area contributed by atoms with Crippen LogP contribution in [0, 0.1) is 11.3 Å². The van der Waals surface area contributed by atoms with E-state index in [-0.39, 0.29) is 11.3 Å². The van der Waals surface area contributed by atoms with Crippen LogP contribution in [-0.4, -0.2) is 5.91 Å². The van der Waals surface area contributed by atoms with Crippen LogP contribution >= 0.6 is 0 Å². The normalized spacial score (nSPS) is 30.4. The summed E-state index contributed by atoms with van der Waals surface area (Å²) in [5, 5.41) is 2.92. The molecule has 2 nitrogen and oxygen atoms in total. The Bertz CT molecular complexity index is 323. The second-order valence-electron chi connectivity index (χ2n) is 4.51. The minimum Gasteiger partial charge on any atom is -0.325 e. The van der Waals surface area contributed by atoms with Crippen molar-refractivity contribution >= 4 is 5.91 Å². The van der Waals surface area contributed by atoms with Gasteiger partial charge >= 0.3 is 0 Å². The second kappa shape index (κ2) is 2.47. The van der Waals surface area contributed by atoms with E-state index in [0.717, 1.165) is 12.1 Å². The molecule has 0 aromatic rings. The molecule has 1 amide bonds. The van der Waals surface area contributed by atoms with Crippen LogP contribution in [0.25, 0.3) is 0 Å². The lowest BCUT2D eigenvalue weighted by molar-refractivity contribution is -0.125. The third-order valence-electron chi connectivity index (χ3n) is 3.01. The zero-order valence-electron chi connectivity index (χ0n) is 8.35. The van der Waals surface area contributed by atoms with E-state index in [9.17, 15) is 4.79 Å². The molecule has 0 fully saturated rings. The monoisotopic (exact) mass is 177 g/mol. The number of allylic oxidation sites excluding steroid dienone is 2. The quantitative estimate of drug-likeness (QED) is 0.602. The summed E-state index contributed by atoms with van der Waals surface area (Å²) < 4.78 is 0. The predicted octanol–water partition coefficient (Wildman–Crippen LogP) is 1.99. The molecule has 2 aliphatic rings. The highest BCUT2D eigenvalue weighted by Crippen LogP contribution is 2.40. The van der Waals surface area contributed by atoms with Gasteiger partial charge in [-0.25, -0.2) is 0 Å². The van der Waals surface area contributed by atoms with Crippen LogP contribution in [0.4, 0.5) is 0 Å². The number of hydrogen-bond donors (Lipinski definition) is 1. The molecule has 0 aromatic heterocycles. The molecule has 70 valence electrons. The van der Waals surface area contributed by atoms with Crippen LogP contribution in [0.1, 0.15) is 27.2 Å². The molecule has 0 spiro atoms. The van der Waals surface area contributed by atoms with Crippen molar-refractivity contribution in [2.24, 2.45) is 11.3 Å². The second-order valence-corrected chi connectivity index (χ2v) is 4.51. The fourth-order valence-electron chi connectivity index (χ4n) is 1.99. The molecule has 1 unspecified atom stereocenters. The standard InChI is InChI=1S/C11H15NO/c1-7-4-5-9-8(6-7)11(2,3)10(13)12-9/h4-5,7H,6H2,1-3H3,(H,12,13). The Kier molecular flexibility index (Phi) is 1.62. The summed E-state index contributed by atoms with van der Waals surface area (Å²) in [7, 11) is 0. The number of carbonyl (C=O) groups is 1. The molecule has 0 bridgehead atoms. The predicted molar refractivity (Wildman–Crippen MR) is 51.9 cm³/mol.